The van der Waals surface area contributed by atoms with Crippen molar-refractivity contribution in [2.24, 2.45) is 0 Å². The van der Waals surface area contributed by atoms with Gasteiger partial charge >= 0.3 is 5.97 Å². The second-order valence-corrected chi connectivity index (χ2v) is 2.62. The predicted octanol–water partition coefficient (Wildman–Crippen LogP) is -0.409. The molecular formula is C8H18O5. The van der Waals surface area contributed by atoms with Crippen LogP contribution in [0.25, 0.3) is 0 Å². The molecule has 2 unspecified atom stereocenters. The maximum absolute atomic E-state index is 9.68. The third-order valence-electron chi connectivity index (χ3n) is 1.22. The van der Waals surface area contributed by atoms with E-state index in [-0.39, 0.29) is 19.1 Å². The smallest absolute Gasteiger partial charge is 0.332 e. The van der Waals surface area contributed by atoms with Crippen LogP contribution in [0.3, 0.4) is 0 Å². The fourth-order valence-corrected chi connectivity index (χ4v) is 0.361. The molecule has 0 bridgehead atoms. The molecule has 0 fully saturated rings. The first kappa shape index (κ1) is 14.9. The Morgan fingerprint density at radius 3 is 1.85 bits per heavy atom. The number of rotatable bonds is 4. The molecule has 5 heteroatoms. The molecule has 0 amide bonds. The van der Waals surface area contributed by atoms with Gasteiger partial charge in [0.25, 0.3) is 0 Å². The maximum atomic E-state index is 9.68. The Morgan fingerprint density at radius 1 is 1.38 bits per heavy atom. The number of hydrogen-bond donors (Lipinski definition) is 4. The molecule has 0 aromatic heterocycles. The summed E-state index contributed by atoms with van der Waals surface area (Å²) in [6, 6.07) is 0. The molecule has 80 valence electrons. The summed E-state index contributed by atoms with van der Waals surface area (Å²) in [7, 11) is 0. The fourth-order valence-electron chi connectivity index (χ4n) is 0.361. The van der Waals surface area contributed by atoms with Crippen LogP contribution in [0.2, 0.25) is 0 Å². The van der Waals surface area contributed by atoms with Crippen molar-refractivity contribution in [1.29, 1.82) is 0 Å². The van der Waals surface area contributed by atoms with Crippen LogP contribution in [-0.2, 0) is 4.79 Å². The van der Waals surface area contributed by atoms with Crippen molar-refractivity contribution in [3.8, 4) is 0 Å². The van der Waals surface area contributed by atoms with Gasteiger partial charge < -0.3 is 20.4 Å². The van der Waals surface area contributed by atoms with Gasteiger partial charge in [0, 0.05) is 6.61 Å². The summed E-state index contributed by atoms with van der Waals surface area (Å²) >= 11 is 0. The van der Waals surface area contributed by atoms with Crippen molar-refractivity contribution in [3.05, 3.63) is 0 Å². The Hall–Kier alpha value is -0.650. The molecule has 0 saturated carbocycles. The van der Waals surface area contributed by atoms with E-state index in [4.69, 9.17) is 20.4 Å². The molecule has 0 heterocycles. The zero-order valence-electron chi connectivity index (χ0n) is 7.97. The van der Waals surface area contributed by atoms with Gasteiger partial charge in [0.15, 0.2) is 6.10 Å². The van der Waals surface area contributed by atoms with Gasteiger partial charge in [0.05, 0.1) is 6.10 Å². The molecule has 0 aliphatic rings. The molecule has 0 aromatic rings. The number of aliphatic carboxylic acids is 1. The van der Waals surface area contributed by atoms with Crippen molar-refractivity contribution >= 4 is 5.97 Å². The van der Waals surface area contributed by atoms with Crippen LogP contribution in [0.1, 0.15) is 26.7 Å². The fraction of sp³-hybridized carbons (Fsp3) is 0.875. The normalized spacial score (nSPS) is 13.9. The van der Waals surface area contributed by atoms with Crippen molar-refractivity contribution in [1.82, 2.24) is 0 Å². The molecule has 0 saturated heterocycles. The zero-order valence-corrected chi connectivity index (χ0v) is 7.97. The van der Waals surface area contributed by atoms with Crippen LogP contribution in [0.15, 0.2) is 0 Å². The molecule has 0 aliphatic carbocycles. The third kappa shape index (κ3) is 14.2. The Balaban J connectivity index is 0. The lowest BCUT2D eigenvalue weighted by molar-refractivity contribution is -0.146. The highest BCUT2D eigenvalue weighted by Gasteiger charge is 2.07. The monoisotopic (exact) mass is 194 g/mol. The van der Waals surface area contributed by atoms with Crippen molar-refractivity contribution < 1.29 is 25.2 Å². The summed E-state index contributed by atoms with van der Waals surface area (Å²) < 4.78 is 0. The number of aliphatic hydroxyl groups excluding tert-OH is 3. The molecule has 0 rings (SSSR count). The molecule has 0 radical (unpaired) electrons. The van der Waals surface area contributed by atoms with Gasteiger partial charge in [-0.1, -0.05) is 6.92 Å². The van der Waals surface area contributed by atoms with Crippen LogP contribution >= 0.6 is 0 Å². The molecule has 0 aromatic carbocycles. The van der Waals surface area contributed by atoms with E-state index in [9.17, 15) is 4.79 Å². The van der Waals surface area contributed by atoms with E-state index in [0.717, 1.165) is 0 Å². The average molecular weight is 194 g/mol. The molecule has 2 atom stereocenters. The first-order valence-corrected chi connectivity index (χ1v) is 4.15. The third-order valence-corrected chi connectivity index (χ3v) is 1.22. The van der Waals surface area contributed by atoms with E-state index >= 15 is 0 Å². The number of hydrogen-bond acceptors (Lipinski definition) is 4. The molecule has 0 spiro atoms. The Morgan fingerprint density at radius 2 is 1.85 bits per heavy atom. The van der Waals surface area contributed by atoms with Crippen LogP contribution in [0, 0.1) is 0 Å². The quantitative estimate of drug-likeness (QED) is 0.488. The summed E-state index contributed by atoms with van der Waals surface area (Å²) in [4.78, 5) is 9.68. The van der Waals surface area contributed by atoms with E-state index in [1.807, 2.05) is 0 Å². The lowest BCUT2D eigenvalue weighted by atomic mass is 10.3. The Bertz CT molecular complexity index is 124. The van der Waals surface area contributed by atoms with Gasteiger partial charge in [-0.25, -0.2) is 4.79 Å². The highest BCUT2D eigenvalue weighted by atomic mass is 16.4. The van der Waals surface area contributed by atoms with Crippen LogP contribution < -0.4 is 0 Å². The minimum absolute atomic E-state index is 0.0810. The highest BCUT2D eigenvalue weighted by Crippen LogP contribution is 1.86. The summed E-state index contributed by atoms with van der Waals surface area (Å²) in [6.45, 7) is 3.34. The van der Waals surface area contributed by atoms with Crippen molar-refractivity contribution in [3.63, 3.8) is 0 Å². The second kappa shape index (κ2) is 9.44. The standard InChI is InChI=1S/C4H8O3.C4H10O2/c1-2-3(5)4(6)7;1-4(6)2-3-5/h3,5H,2H2,1H3,(H,6,7);4-6H,2-3H2,1H3. The lowest BCUT2D eigenvalue weighted by Crippen LogP contribution is -2.17. The van der Waals surface area contributed by atoms with Crippen LogP contribution in [-0.4, -0.2) is 45.2 Å². The lowest BCUT2D eigenvalue weighted by Gasteiger charge is -1.95. The van der Waals surface area contributed by atoms with Crippen LogP contribution in [0.4, 0.5) is 0 Å². The SMILES string of the molecule is CC(O)CCO.CCC(O)C(=O)O. The molecule has 5 nitrogen and oxygen atoms in total. The number of aliphatic hydroxyl groups is 3. The first-order valence-electron chi connectivity index (χ1n) is 4.15. The van der Waals surface area contributed by atoms with Gasteiger partial charge in [-0.3, -0.25) is 0 Å². The topological polar surface area (TPSA) is 98.0 Å². The Kier molecular flexibility index (Phi) is 10.8. The highest BCUT2D eigenvalue weighted by molar-refractivity contribution is 5.71. The first-order chi connectivity index (χ1) is 5.95. The minimum atomic E-state index is -1.18. The van der Waals surface area contributed by atoms with Crippen molar-refractivity contribution in [2.45, 2.75) is 38.9 Å². The predicted molar refractivity (Wildman–Crippen MR) is 47.3 cm³/mol. The molecule has 4 N–H and O–H groups in total. The zero-order chi connectivity index (χ0) is 10.9. The summed E-state index contributed by atoms with van der Waals surface area (Å²) in [5.41, 5.74) is 0. The van der Waals surface area contributed by atoms with E-state index in [1.54, 1.807) is 13.8 Å². The Labute approximate surface area is 77.6 Å². The number of carboxylic acids is 1. The maximum Gasteiger partial charge on any atom is 0.332 e. The summed E-state index contributed by atoms with van der Waals surface area (Å²) in [5.74, 6) is -1.15. The largest absolute Gasteiger partial charge is 0.479 e. The molecule has 0 aliphatic heterocycles. The van der Waals surface area contributed by atoms with Gasteiger partial charge in [-0.15, -0.1) is 0 Å². The number of carbonyl (C=O) groups is 1. The van der Waals surface area contributed by atoms with E-state index in [2.05, 4.69) is 0 Å². The number of carboxylic acid groups (broad SMARTS) is 1. The minimum Gasteiger partial charge on any atom is -0.479 e. The molecule has 13 heavy (non-hydrogen) atoms. The second-order valence-electron chi connectivity index (χ2n) is 2.62. The van der Waals surface area contributed by atoms with Crippen molar-refractivity contribution in [2.75, 3.05) is 6.61 Å². The summed E-state index contributed by atoms with van der Waals surface area (Å²) in [6.07, 6.45) is -0.773. The van der Waals surface area contributed by atoms with E-state index in [0.29, 0.717) is 6.42 Å². The van der Waals surface area contributed by atoms with Gasteiger partial charge in [-0.2, -0.15) is 0 Å². The van der Waals surface area contributed by atoms with Gasteiger partial charge in [-0.05, 0) is 19.8 Å². The average Bonchev–Trinajstić information content (AvgIpc) is 2.03. The van der Waals surface area contributed by atoms with E-state index in [1.165, 1.54) is 0 Å². The van der Waals surface area contributed by atoms with Gasteiger partial charge in [0.2, 0.25) is 0 Å². The molecular weight excluding hydrogens is 176 g/mol. The summed E-state index contributed by atoms with van der Waals surface area (Å²) in [5, 5.41) is 32.7. The van der Waals surface area contributed by atoms with Crippen LogP contribution in [0.5, 0.6) is 0 Å². The van der Waals surface area contributed by atoms with E-state index < -0.39 is 12.1 Å². The van der Waals surface area contributed by atoms with Gasteiger partial charge in [0.1, 0.15) is 0 Å².